The summed E-state index contributed by atoms with van der Waals surface area (Å²) < 4.78 is 1.12. The third-order valence-corrected chi connectivity index (χ3v) is 5.45. The number of nitrogens with zero attached hydrogens (tertiary/aromatic N) is 3. The summed E-state index contributed by atoms with van der Waals surface area (Å²) in [6.07, 6.45) is 8.34. The molecule has 0 bridgehead atoms. The van der Waals surface area contributed by atoms with Crippen LogP contribution in [0.4, 0.5) is 0 Å². The van der Waals surface area contributed by atoms with Gasteiger partial charge in [0, 0.05) is 15.7 Å². The normalized spacial score (nSPS) is 25.3. The fourth-order valence-electron chi connectivity index (χ4n) is 1.60. The Morgan fingerprint density at radius 2 is 2.16 bits per heavy atom. The molecule has 4 nitrogen and oxygen atoms in total. The van der Waals surface area contributed by atoms with Crippen LogP contribution < -0.4 is 29.4 Å². The van der Waals surface area contributed by atoms with Gasteiger partial charge in [0.05, 0.1) is 12.3 Å². The maximum atomic E-state index is 4.42. The maximum Gasteiger partial charge on any atom is 0.177 e. The summed E-state index contributed by atoms with van der Waals surface area (Å²) in [6, 6.07) is 0.366. The number of hydrogen-bond donors (Lipinski definition) is 1. The molecule has 19 heavy (non-hydrogen) atoms. The van der Waals surface area contributed by atoms with Crippen LogP contribution in [0.2, 0.25) is 0 Å². The van der Waals surface area contributed by atoms with Gasteiger partial charge in [0.2, 0.25) is 0 Å². The van der Waals surface area contributed by atoms with E-state index in [1.807, 2.05) is 12.2 Å². The molecule has 0 aromatic heterocycles. The lowest BCUT2D eigenvalue weighted by atomic mass is 10.1. The van der Waals surface area contributed by atoms with Gasteiger partial charge in [-0.05, 0) is 26.2 Å². The predicted octanol–water partition coefficient (Wildman–Crippen LogP) is -1.10. The number of likely N-dealkylation sites (N-methyl/N-ethyl adjacent to an activating group) is 1. The fourth-order valence-corrected chi connectivity index (χ4v) is 3.20. The quantitative estimate of drug-likeness (QED) is 0.302. The van der Waals surface area contributed by atoms with E-state index in [4.69, 9.17) is 0 Å². The van der Waals surface area contributed by atoms with Crippen molar-refractivity contribution < 1.29 is 24.0 Å². The molecular weight excluding hydrogens is 486 g/mol. The van der Waals surface area contributed by atoms with Crippen LogP contribution in [0.15, 0.2) is 34.4 Å². The van der Waals surface area contributed by atoms with Crippen LogP contribution in [-0.2, 0) is 0 Å². The molecule has 1 aliphatic heterocycles. The van der Waals surface area contributed by atoms with Crippen molar-refractivity contribution in [1.82, 2.24) is 10.3 Å². The molecule has 7 heteroatoms. The first kappa shape index (κ1) is 17.4. The number of amidine groups is 1. The van der Waals surface area contributed by atoms with Crippen molar-refractivity contribution >= 4 is 45.2 Å². The summed E-state index contributed by atoms with van der Waals surface area (Å²) in [5.41, 5.74) is 3.98. The summed E-state index contributed by atoms with van der Waals surface area (Å²) >= 11 is 4.17. The van der Waals surface area contributed by atoms with Crippen LogP contribution in [0.1, 0.15) is 0 Å². The van der Waals surface area contributed by atoms with E-state index >= 15 is 0 Å². The molecule has 2 rings (SSSR count). The van der Waals surface area contributed by atoms with Crippen molar-refractivity contribution in [1.29, 1.82) is 0 Å². The van der Waals surface area contributed by atoms with Crippen molar-refractivity contribution in [2.24, 2.45) is 10.1 Å². The first-order valence-electron chi connectivity index (χ1n) is 5.82. The highest BCUT2D eigenvalue weighted by Gasteiger charge is 2.17. The van der Waals surface area contributed by atoms with Crippen molar-refractivity contribution in [2.75, 3.05) is 25.1 Å². The molecule has 106 valence electrons. The molecule has 0 saturated carbocycles. The van der Waals surface area contributed by atoms with E-state index in [9.17, 15) is 0 Å². The third-order valence-electron chi connectivity index (χ3n) is 2.69. The minimum atomic E-state index is 0. The highest BCUT2D eigenvalue weighted by molar-refractivity contribution is 14.1. The molecule has 0 amide bonds. The van der Waals surface area contributed by atoms with Gasteiger partial charge in [-0.1, -0.05) is 46.5 Å². The lowest BCUT2D eigenvalue weighted by molar-refractivity contribution is -0.00000357. The molecule has 0 fully saturated rings. The van der Waals surface area contributed by atoms with E-state index in [1.54, 1.807) is 11.8 Å². The molecule has 1 N–H and O–H groups in total. The SMILES string of the molecule is CN(C)C1C=CC(=NNC2=NCC(CI)S2)C=C1.[I-]. The minimum absolute atomic E-state index is 0. The highest BCUT2D eigenvalue weighted by Crippen LogP contribution is 2.21. The summed E-state index contributed by atoms with van der Waals surface area (Å²) in [5, 5.41) is 5.88. The zero-order valence-electron chi connectivity index (χ0n) is 10.9. The fraction of sp³-hybridized carbons (Fsp3) is 0.500. The number of rotatable bonds is 3. The Kier molecular flexibility index (Phi) is 7.92. The van der Waals surface area contributed by atoms with Crippen LogP contribution in [0, 0.1) is 0 Å². The summed E-state index contributed by atoms with van der Waals surface area (Å²) in [4.78, 5) is 6.57. The van der Waals surface area contributed by atoms with Crippen molar-refractivity contribution in [2.45, 2.75) is 11.3 Å². The number of alkyl halides is 1. The molecule has 2 aliphatic rings. The molecule has 0 saturated heterocycles. The maximum absolute atomic E-state index is 4.42. The van der Waals surface area contributed by atoms with Crippen LogP contribution in [0.25, 0.3) is 0 Å². The van der Waals surface area contributed by atoms with Gasteiger partial charge < -0.3 is 24.0 Å². The number of thioether (sulfide) groups is 1. The predicted molar refractivity (Wildman–Crippen MR) is 88.9 cm³/mol. The van der Waals surface area contributed by atoms with Gasteiger partial charge in [-0.3, -0.25) is 15.3 Å². The Bertz CT molecular complexity index is 402. The average molecular weight is 503 g/mol. The number of aliphatic imine (C=N–C) groups is 1. The molecule has 0 radical (unpaired) electrons. The third kappa shape index (κ3) is 5.35. The Labute approximate surface area is 149 Å². The number of halogens is 2. The van der Waals surface area contributed by atoms with Gasteiger partial charge in [-0.25, -0.2) is 0 Å². The van der Waals surface area contributed by atoms with Crippen LogP contribution in [-0.4, -0.2) is 52.1 Å². The van der Waals surface area contributed by atoms with Crippen LogP contribution in [0.5, 0.6) is 0 Å². The van der Waals surface area contributed by atoms with Gasteiger partial charge in [0.25, 0.3) is 0 Å². The molecule has 1 heterocycles. The molecule has 1 aliphatic carbocycles. The van der Waals surface area contributed by atoms with Gasteiger partial charge >= 0.3 is 0 Å². The Morgan fingerprint density at radius 3 is 2.68 bits per heavy atom. The smallest absolute Gasteiger partial charge is 0.177 e. The number of hydrazone groups is 1. The first-order chi connectivity index (χ1) is 8.69. The second-order valence-electron chi connectivity index (χ2n) is 4.36. The van der Waals surface area contributed by atoms with Crippen molar-refractivity contribution in [3.63, 3.8) is 0 Å². The molecule has 1 unspecified atom stereocenters. The van der Waals surface area contributed by atoms with Gasteiger partial charge in [0.1, 0.15) is 0 Å². The Morgan fingerprint density at radius 1 is 1.47 bits per heavy atom. The largest absolute Gasteiger partial charge is 1.00 e. The van der Waals surface area contributed by atoms with E-state index < -0.39 is 0 Å². The lowest BCUT2D eigenvalue weighted by Gasteiger charge is -2.19. The molecule has 0 aromatic rings. The van der Waals surface area contributed by atoms with E-state index in [-0.39, 0.29) is 24.0 Å². The Hall–Kier alpha value is 0.390. The number of nitrogens with one attached hydrogen (secondary N) is 1. The van der Waals surface area contributed by atoms with Crippen molar-refractivity contribution in [3.8, 4) is 0 Å². The summed E-state index contributed by atoms with van der Waals surface area (Å²) in [6.45, 7) is 0.898. The van der Waals surface area contributed by atoms with Crippen LogP contribution in [0.3, 0.4) is 0 Å². The lowest BCUT2D eigenvalue weighted by Crippen LogP contribution is -3.00. The second-order valence-corrected chi connectivity index (χ2v) is 6.53. The van der Waals surface area contributed by atoms with E-state index in [2.05, 4.69) is 69.3 Å². The molecular formula is C12H17I2N4S-. The summed E-state index contributed by atoms with van der Waals surface area (Å²) in [5.74, 6) is 0. The molecule has 1 atom stereocenters. The van der Waals surface area contributed by atoms with E-state index in [0.29, 0.717) is 11.3 Å². The topological polar surface area (TPSA) is 40.0 Å². The average Bonchev–Trinajstić information content (AvgIpc) is 2.85. The summed E-state index contributed by atoms with van der Waals surface area (Å²) in [7, 11) is 4.13. The molecule has 0 aromatic carbocycles. The number of hydrogen-bond acceptors (Lipinski definition) is 5. The van der Waals surface area contributed by atoms with E-state index in [0.717, 1.165) is 21.9 Å². The van der Waals surface area contributed by atoms with Crippen molar-refractivity contribution in [3.05, 3.63) is 24.3 Å². The van der Waals surface area contributed by atoms with Crippen LogP contribution >= 0.6 is 34.4 Å². The highest BCUT2D eigenvalue weighted by atomic mass is 127. The van der Waals surface area contributed by atoms with Gasteiger partial charge in [-0.2, -0.15) is 5.10 Å². The standard InChI is InChI=1S/C12H17IN4S.HI/c1-17(2)10-5-3-9(4-6-10)15-16-12-14-8-11(7-13)18-12;/h3-6,10-11H,7-8H2,1-2H3,(H,14,16);1H/p-1. The Balaban J connectivity index is 0.00000180. The molecule has 0 spiro atoms. The zero-order chi connectivity index (χ0) is 13.0. The minimum Gasteiger partial charge on any atom is -1.00 e. The van der Waals surface area contributed by atoms with Gasteiger partial charge in [-0.15, -0.1) is 0 Å². The van der Waals surface area contributed by atoms with Gasteiger partial charge in [0.15, 0.2) is 5.17 Å². The monoisotopic (exact) mass is 503 g/mol. The first-order valence-corrected chi connectivity index (χ1v) is 8.23. The zero-order valence-corrected chi connectivity index (χ0v) is 16.0. The van der Waals surface area contributed by atoms with E-state index in [1.165, 1.54) is 0 Å². The second kappa shape index (κ2) is 8.63. The number of allylic oxidation sites excluding steroid dienone is 2.